The number of ether oxygens (including phenoxy) is 1. The average Bonchev–Trinajstić information content (AvgIpc) is 2.73. The molecule has 3 rings (SSSR count). The minimum absolute atomic E-state index is 0.0210. The van der Waals surface area contributed by atoms with Crippen LogP contribution in [0, 0.1) is 23.0 Å². The van der Waals surface area contributed by atoms with Gasteiger partial charge in [0, 0.05) is 44.0 Å². The molecule has 29 heavy (non-hydrogen) atoms. The van der Waals surface area contributed by atoms with Crippen LogP contribution in [0.2, 0.25) is 5.02 Å². The first-order valence-electron chi connectivity index (χ1n) is 9.29. The van der Waals surface area contributed by atoms with Crippen molar-refractivity contribution >= 4 is 17.3 Å². The normalized spacial score (nSPS) is 17.1. The average molecular weight is 422 g/mol. The summed E-state index contributed by atoms with van der Waals surface area (Å²) in [6.45, 7) is 2.35. The predicted octanol–water partition coefficient (Wildman–Crippen LogP) is 4.15. The zero-order valence-corrected chi connectivity index (χ0v) is 16.8. The molecule has 0 amide bonds. The van der Waals surface area contributed by atoms with Crippen LogP contribution in [0.5, 0.6) is 0 Å². The van der Waals surface area contributed by atoms with Crippen molar-refractivity contribution in [2.45, 2.75) is 19.0 Å². The van der Waals surface area contributed by atoms with Crippen LogP contribution in [-0.2, 0) is 16.1 Å². The molecule has 1 fully saturated rings. The van der Waals surface area contributed by atoms with Crippen molar-refractivity contribution < 1.29 is 18.4 Å². The number of halogens is 3. The lowest BCUT2D eigenvalue weighted by atomic mass is 10.1. The lowest BCUT2D eigenvalue weighted by Crippen LogP contribution is -2.49. The van der Waals surface area contributed by atoms with Crippen molar-refractivity contribution in [2.75, 3.05) is 38.3 Å². The molecule has 0 bridgehead atoms. The molecule has 0 unspecified atom stereocenters. The minimum Gasteiger partial charge on any atom is -0.383 e. The van der Waals surface area contributed by atoms with Gasteiger partial charge in [-0.2, -0.15) is 10.3 Å². The number of hydrogen-bond acceptors (Lipinski definition) is 5. The molecule has 0 N–H and O–H groups in total. The summed E-state index contributed by atoms with van der Waals surface area (Å²) in [5.74, 6) is -0.965. The Bertz CT molecular complexity index is 891. The van der Waals surface area contributed by atoms with Crippen LogP contribution < -0.4 is 4.90 Å². The highest BCUT2D eigenvalue weighted by Gasteiger charge is 2.27. The van der Waals surface area contributed by atoms with Crippen molar-refractivity contribution in [3.8, 4) is 6.07 Å². The van der Waals surface area contributed by atoms with E-state index in [4.69, 9.17) is 26.4 Å². The van der Waals surface area contributed by atoms with Crippen LogP contribution in [0.3, 0.4) is 0 Å². The molecule has 0 saturated carbocycles. The van der Waals surface area contributed by atoms with Gasteiger partial charge in [-0.15, -0.1) is 0 Å². The summed E-state index contributed by atoms with van der Waals surface area (Å²) in [6.07, 6.45) is 0.706. The van der Waals surface area contributed by atoms with Gasteiger partial charge in [0.05, 0.1) is 23.8 Å². The number of hydroxylamine groups is 2. The largest absolute Gasteiger partial charge is 0.383 e. The molecule has 1 heterocycles. The van der Waals surface area contributed by atoms with Crippen molar-refractivity contribution in [1.82, 2.24) is 5.06 Å². The minimum atomic E-state index is -0.493. The molecule has 5 nitrogen and oxygen atoms in total. The lowest BCUT2D eigenvalue weighted by molar-refractivity contribution is -0.190. The standard InChI is InChI=1S/C21H22ClF2N3O2/c1-28-9-7-26-14-19(6-8-29-26)27(13-16-10-17(23)3-5-21(16)24)18-4-2-15(12-25)20(22)11-18/h2-5,10-11,19H,6-9,13-14H2,1H3/t19-/m0/s1. The van der Waals surface area contributed by atoms with Gasteiger partial charge >= 0.3 is 0 Å². The molecule has 1 atom stereocenters. The van der Waals surface area contributed by atoms with Gasteiger partial charge in [-0.25, -0.2) is 8.78 Å². The van der Waals surface area contributed by atoms with E-state index < -0.39 is 11.6 Å². The summed E-state index contributed by atoms with van der Waals surface area (Å²) in [7, 11) is 1.62. The Hall–Kier alpha value is -2.24. The van der Waals surface area contributed by atoms with E-state index in [1.54, 1.807) is 25.3 Å². The van der Waals surface area contributed by atoms with Crippen molar-refractivity contribution in [3.63, 3.8) is 0 Å². The Morgan fingerprint density at radius 3 is 2.86 bits per heavy atom. The molecule has 0 radical (unpaired) electrons. The second-order valence-corrected chi connectivity index (χ2v) is 7.20. The lowest BCUT2D eigenvalue weighted by Gasteiger charge is -2.40. The monoisotopic (exact) mass is 421 g/mol. The Morgan fingerprint density at radius 1 is 1.31 bits per heavy atom. The summed E-state index contributed by atoms with van der Waals surface area (Å²) < 4.78 is 33.2. The fourth-order valence-electron chi connectivity index (χ4n) is 3.35. The first kappa shape index (κ1) is 21.5. The SMILES string of the molecule is COCCN1C[C@@H](N(Cc2cc(F)ccc2F)c2ccc(C#N)c(Cl)c2)CCO1. The van der Waals surface area contributed by atoms with Crippen LogP contribution in [0.25, 0.3) is 0 Å². The van der Waals surface area contributed by atoms with Crippen molar-refractivity contribution in [2.24, 2.45) is 0 Å². The number of methoxy groups -OCH3 is 1. The van der Waals surface area contributed by atoms with Crippen LogP contribution in [0.4, 0.5) is 14.5 Å². The Labute approximate surface area is 173 Å². The van der Waals surface area contributed by atoms with E-state index in [1.807, 2.05) is 16.0 Å². The fraction of sp³-hybridized carbons (Fsp3) is 0.381. The second kappa shape index (κ2) is 9.99. The first-order chi connectivity index (χ1) is 14.0. The Kier molecular flexibility index (Phi) is 7.40. The maximum absolute atomic E-state index is 14.3. The molecule has 1 aliphatic rings. The summed E-state index contributed by atoms with van der Waals surface area (Å²) in [4.78, 5) is 7.65. The molecular formula is C21H22ClF2N3O2. The van der Waals surface area contributed by atoms with E-state index in [2.05, 4.69) is 0 Å². The zero-order valence-electron chi connectivity index (χ0n) is 16.1. The maximum atomic E-state index is 14.3. The third kappa shape index (κ3) is 5.43. The van der Waals surface area contributed by atoms with Gasteiger partial charge in [-0.1, -0.05) is 11.6 Å². The predicted molar refractivity (Wildman–Crippen MR) is 107 cm³/mol. The van der Waals surface area contributed by atoms with Crippen LogP contribution in [0.1, 0.15) is 17.5 Å². The van der Waals surface area contributed by atoms with Gasteiger partial charge in [0.15, 0.2) is 0 Å². The highest BCUT2D eigenvalue weighted by atomic mass is 35.5. The van der Waals surface area contributed by atoms with Gasteiger partial charge in [0.1, 0.15) is 17.7 Å². The van der Waals surface area contributed by atoms with E-state index >= 15 is 0 Å². The number of hydrogen-bond donors (Lipinski definition) is 0. The molecule has 0 aromatic heterocycles. The summed E-state index contributed by atoms with van der Waals surface area (Å²) in [6, 6.07) is 10.5. The second-order valence-electron chi connectivity index (χ2n) is 6.80. The highest BCUT2D eigenvalue weighted by molar-refractivity contribution is 6.32. The maximum Gasteiger partial charge on any atom is 0.128 e. The number of nitriles is 1. The molecule has 2 aromatic carbocycles. The molecule has 1 saturated heterocycles. The van der Waals surface area contributed by atoms with Gasteiger partial charge in [-0.05, 0) is 42.8 Å². The third-order valence-corrected chi connectivity index (χ3v) is 5.19. The van der Waals surface area contributed by atoms with Gasteiger partial charge in [0.25, 0.3) is 0 Å². The summed E-state index contributed by atoms with van der Waals surface area (Å²) in [5.41, 5.74) is 1.35. The van der Waals surface area contributed by atoms with Crippen molar-refractivity contribution in [3.05, 3.63) is 64.2 Å². The number of rotatable bonds is 7. The van der Waals surface area contributed by atoms with Gasteiger partial charge in [0.2, 0.25) is 0 Å². The molecule has 0 aliphatic carbocycles. The molecular weight excluding hydrogens is 400 g/mol. The van der Waals surface area contributed by atoms with Crippen molar-refractivity contribution in [1.29, 1.82) is 5.26 Å². The Morgan fingerprint density at radius 2 is 2.14 bits per heavy atom. The van der Waals surface area contributed by atoms with E-state index in [-0.39, 0.29) is 18.2 Å². The highest BCUT2D eigenvalue weighted by Crippen LogP contribution is 2.29. The fourth-order valence-corrected chi connectivity index (χ4v) is 3.57. The zero-order chi connectivity index (χ0) is 20.8. The molecule has 8 heteroatoms. The topological polar surface area (TPSA) is 48.7 Å². The first-order valence-corrected chi connectivity index (χ1v) is 9.66. The van der Waals surface area contributed by atoms with Crippen LogP contribution in [-0.4, -0.2) is 44.5 Å². The van der Waals surface area contributed by atoms with Gasteiger partial charge in [-0.3, -0.25) is 4.84 Å². The number of benzene rings is 2. The number of nitrogens with zero attached hydrogens (tertiary/aromatic N) is 3. The van der Waals surface area contributed by atoms with Crippen LogP contribution >= 0.6 is 11.6 Å². The smallest absolute Gasteiger partial charge is 0.128 e. The van der Waals surface area contributed by atoms with E-state index in [0.717, 1.165) is 17.8 Å². The quantitative estimate of drug-likeness (QED) is 0.672. The summed E-state index contributed by atoms with van der Waals surface area (Å²) >= 11 is 6.23. The van der Waals surface area contributed by atoms with E-state index in [9.17, 15) is 8.78 Å². The molecule has 2 aromatic rings. The molecule has 154 valence electrons. The molecule has 0 spiro atoms. The van der Waals surface area contributed by atoms with Crippen LogP contribution in [0.15, 0.2) is 36.4 Å². The summed E-state index contributed by atoms with van der Waals surface area (Å²) in [5, 5.41) is 11.3. The Balaban J connectivity index is 1.92. The third-order valence-electron chi connectivity index (χ3n) is 4.88. The number of anilines is 1. The molecule has 1 aliphatic heterocycles. The van der Waals surface area contributed by atoms with Gasteiger partial charge < -0.3 is 9.64 Å². The van der Waals surface area contributed by atoms with E-state index in [1.165, 1.54) is 6.07 Å². The van der Waals surface area contributed by atoms with E-state index in [0.29, 0.717) is 43.3 Å².